The van der Waals surface area contributed by atoms with Gasteiger partial charge < -0.3 is 0 Å². The van der Waals surface area contributed by atoms with Gasteiger partial charge in [0.05, 0.1) is 0 Å². The van der Waals surface area contributed by atoms with Gasteiger partial charge in [-0.05, 0) is 0 Å². The summed E-state index contributed by atoms with van der Waals surface area (Å²) in [6, 6.07) is 7.07. The molecule has 0 radical (unpaired) electrons. The second-order valence-corrected chi connectivity index (χ2v) is 4.38. The fourth-order valence-electron chi connectivity index (χ4n) is 0.744. The van der Waals surface area contributed by atoms with Crippen molar-refractivity contribution >= 4 is 25.8 Å². The maximum absolute atomic E-state index is 8.86. The topological polar surface area (TPSA) is 40.5 Å². The van der Waals surface area contributed by atoms with Gasteiger partial charge in [-0.2, -0.15) is 0 Å². The van der Waals surface area contributed by atoms with E-state index in [-0.39, 0.29) is 0 Å². The molecule has 0 saturated carbocycles. The Bertz CT molecular complexity index is 241. The third kappa shape index (κ3) is 2.19. The van der Waals surface area contributed by atoms with E-state index in [2.05, 4.69) is 6.58 Å². The van der Waals surface area contributed by atoms with Crippen molar-refractivity contribution in [3.05, 3.63) is 36.4 Å². The predicted molar refractivity (Wildman–Crippen MR) is 46.4 cm³/mol. The molecular formula is C8H9AsO2. The van der Waals surface area contributed by atoms with Crippen molar-refractivity contribution in [2.75, 3.05) is 0 Å². The van der Waals surface area contributed by atoms with Crippen LogP contribution in [0.3, 0.4) is 0 Å². The molecule has 2 N–H and O–H groups in total. The summed E-state index contributed by atoms with van der Waals surface area (Å²) >= 11 is -2.66. The summed E-state index contributed by atoms with van der Waals surface area (Å²) in [5.41, 5.74) is 0.990. The zero-order valence-electron chi connectivity index (χ0n) is 5.94. The first-order valence-corrected chi connectivity index (χ1v) is 5.76. The second-order valence-electron chi connectivity index (χ2n) is 2.09. The summed E-state index contributed by atoms with van der Waals surface area (Å²) in [5.74, 6) is 0. The Morgan fingerprint density at radius 2 is 1.73 bits per heavy atom. The molecule has 0 aliphatic carbocycles. The first-order valence-electron chi connectivity index (χ1n) is 3.14. The normalized spacial score (nSPS) is 10.1. The molecule has 0 saturated heterocycles. The summed E-state index contributed by atoms with van der Waals surface area (Å²) in [7, 11) is 0. The average molecular weight is 212 g/mol. The van der Waals surface area contributed by atoms with Crippen LogP contribution in [0.5, 0.6) is 0 Å². The van der Waals surface area contributed by atoms with Crippen molar-refractivity contribution in [2.24, 2.45) is 0 Å². The molecule has 1 aromatic rings. The summed E-state index contributed by atoms with van der Waals surface area (Å²) in [4.78, 5) is 0. The fourth-order valence-corrected chi connectivity index (χ4v) is 1.62. The molecule has 3 heteroatoms. The van der Waals surface area contributed by atoms with Crippen LogP contribution < -0.4 is 4.35 Å². The van der Waals surface area contributed by atoms with Crippen molar-refractivity contribution in [3.8, 4) is 0 Å². The monoisotopic (exact) mass is 212 g/mol. The van der Waals surface area contributed by atoms with E-state index < -0.39 is 15.3 Å². The molecule has 0 amide bonds. The van der Waals surface area contributed by atoms with Gasteiger partial charge in [0.1, 0.15) is 0 Å². The van der Waals surface area contributed by atoms with Gasteiger partial charge in [-0.25, -0.2) is 0 Å². The van der Waals surface area contributed by atoms with Gasteiger partial charge >= 0.3 is 70.4 Å². The molecule has 2 nitrogen and oxygen atoms in total. The molecule has 0 fully saturated rings. The number of hydrogen-bond donors (Lipinski definition) is 2. The van der Waals surface area contributed by atoms with Crippen molar-refractivity contribution < 1.29 is 8.19 Å². The minimum absolute atomic E-state index is 0.642. The number of benzene rings is 1. The van der Waals surface area contributed by atoms with Crippen molar-refractivity contribution in [3.63, 3.8) is 0 Å². The predicted octanol–water partition coefficient (Wildman–Crippen LogP) is 0.00940. The SMILES string of the molecule is C=Cc1ccc([As](O)O)cc1. The standard InChI is InChI=1S/C8H9AsO2/c1-2-7-3-5-8(6-4-7)9(10)11/h2-6,10-11H,1H2. The summed E-state index contributed by atoms with van der Waals surface area (Å²) in [6.45, 7) is 3.59. The van der Waals surface area contributed by atoms with E-state index >= 15 is 0 Å². The molecule has 0 aromatic heterocycles. The molecule has 0 atom stereocenters. The first-order chi connectivity index (χ1) is 5.24. The van der Waals surface area contributed by atoms with Gasteiger partial charge in [-0.3, -0.25) is 0 Å². The molecule has 1 rings (SSSR count). The fraction of sp³-hybridized carbons (Fsp3) is 0. The molecule has 0 spiro atoms. The quantitative estimate of drug-likeness (QED) is 0.678. The molecule has 11 heavy (non-hydrogen) atoms. The van der Waals surface area contributed by atoms with E-state index in [4.69, 9.17) is 8.19 Å². The summed E-state index contributed by atoms with van der Waals surface area (Å²) in [5, 5.41) is 0. The molecule has 1 aromatic carbocycles. The van der Waals surface area contributed by atoms with Crippen LogP contribution in [-0.4, -0.2) is 23.5 Å². The van der Waals surface area contributed by atoms with E-state index in [1.165, 1.54) is 0 Å². The van der Waals surface area contributed by atoms with Crippen LogP contribution in [-0.2, 0) is 0 Å². The van der Waals surface area contributed by atoms with Crippen molar-refractivity contribution in [1.29, 1.82) is 0 Å². The van der Waals surface area contributed by atoms with Gasteiger partial charge in [0.2, 0.25) is 0 Å². The van der Waals surface area contributed by atoms with Crippen LogP contribution in [0.4, 0.5) is 0 Å². The third-order valence-corrected chi connectivity index (χ3v) is 2.95. The molecule has 0 bridgehead atoms. The van der Waals surface area contributed by atoms with Gasteiger partial charge in [0.15, 0.2) is 0 Å². The zero-order valence-corrected chi connectivity index (χ0v) is 7.81. The van der Waals surface area contributed by atoms with Crippen LogP contribution in [0.1, 0.15) is 5.56 Å². The van der Waals surface area contributed by atoms with Gasteiger partial charge in [-0.1, -0.05) is 0 Å². The van der Waals surface area contributed by atoms with Crippen LogP contribution in [0.15, 0.2) is 30.8 Å². The maximum atomic E-state index is 8.86. The van der Waals surface area contributed by atoms with Crippen molar-refractivity contribution in [1.82, 2.24) is 0 Å². The Hall–Kier alpha value is -0.562. The average Bonchev–Trinajstić information content (AvgIpc) is 2.05. The second kappa shape index (κ2) is 3.72. The Balaban J connectivity index is 2.91. The molecule has 0 unspecified atom stereocenters. The van der Waals surface area contributed by atoms with Crippen LogP contribution >= 0.6 is 0 Å². The van der Waals surface area contributed by atoms with Crippen LogP contribution in [0, 0.1) is 0 Å². The summed E-state index contributed by atoms with van der Waals surface area (Å²) < 4.78 is 18.4. The zero-order chi connectivity index (χ0) is 8.27. The van der Waals surface area contributed by atoms with Crippen molar-refractivity contribution in [2.45, 2.75) is 0 Å². The van der Waals surface area contributed by atoms with E-state index in [1.54, 1.807) is 18.2 Å². The first kappa shape index (κ1) is 8.53. The Labute approximate surface area is 70.8 Å². The van der Waals surface area contributed by atoms with E-state index in [0.29, 0.717) is 4.35 Å². The Morgan fingerprint density at radius 1 is 1.18 bits per heavy atom. The number of rotatable bonds is 2. The molecule has 0 aliphatic heterocycles. The van der Waals surface area contributed by atoms with E-state index in [9.17, 15) is 0 Å². The van der Waals surface area contributed by atoms with Gasteiger partial charge in [0.25, 0.3) is 0 Å². The molecule has 0 heterocycles. The van der Waals surface area contributed by atoms with Crippen LogP contribution in [0.25, 0.3) is 6.08 Å². The minimum atomic E-state index is -2.66. The van der Waals surface area contributed by atoms with Gasteiger partial charge in [0, 0.05) is 0 Å². The third-order valence-electron chi connectivity index (χ3n) is 1.36. The van der Waals surface area contributed by atoms with Gasteiger partial charge in [-0.15, -0.1) is 0 Å². The van der Waals surface area contributed by atoms with Crippen LogP contribution in [0.2, 0.25) is 0 Å². The molecule has 0 aliphatic rings. The van der Waals surface area contributed by atoms with E-state index in [1.807, 2.05) is 12.1 Å². The Morgan fingerprint density at radius 3 is 2.09 bits per heavy atom. The summed E-state index contributed by atoms with van der Waals surface area (Å²) in [6.07, 6.45) is 1.72. The molecule has 58 valence electrons. The van der Waals surface area contributed by atoms with E-state index in [0.717, 1.165) is 5.56 Å². The molecular weight excluding hydrogens is 203 g/mol. The number of hydrogen-bond acceptors (Lipinski definition) is 2. The Kier molecular flexibility index (Phi) is 2.89.